The van der Waals surface area contributed by atoms with E-state index in [1.165, 1.54) is 0 Å². The van der Waals surface area contributed by atoms with Crippen LogP contribution in [0.3, 0.4) is 0 Å². The van der Waals surface area contributed by atoms with Crippen molar-refractivity contribution in [3.05, 3.63) is 95.1 Å². The van der Waals surface area contributed by atoms with Gasteiger partial charge in [-0.15, -0.1) is 0 Å². The lowest BCUT2D eigenvalue weighted by molar-refractivity contribution is -0.126. The summed E-state index contributed by atoms with van der Waals surface area (Å²) in [5.74, 6) is 0.408. The van der Waals surface area contributed by atoms with E-state index in [2.05, 4.69) is 16.4 Å². The maximum atomic E-state index is 13.3. The molecule has 30 heavy (non-hydrogen) atoms. The maximum absolute atomic E-state index is 13.3. The minimum absolute atomic E-state index is 0.0990. The van der Waals surface area contributed by atoms with Gasteiger partial charge in [0.05, 0.1) is 18.8 Å². The molecule has 6 rings (SSSR count). The van der Waals surface area contributed by atoms with Gasteiger partial charge in [-0.25, -0.2) is 0 Å². The fourth-order valence-corrected chi connectivity index (χ4v) is 4.84. The van der Waals surface area contributed by atoms with Crippen LogP contribution in [0.4, 0.5) is 0 Å². The molecule has 6 heteroatoms. The van der Waals surface area contributed by atoms with Crippen molar-refractivity contribution in [3.8, 4) is 0 Å². The van der Waals surface area contributed by atoms with Crippen LogP contribution in [-0.4, -0.2) is 27.7 Å². The molecule has 2 aromatic carbocycles. The van der Waals surface area contributed by atoms with Crippen LogP contribution in [0.2, 0.25) is 0 Å². The van der Waals surface area contributed by atoms with Crippen molar-refractivity contribution in [3.63, 3.8) is 0 Å². The van der Waals surface area contributed by atoms with Gasteiger partial charge in [0.15, 0.2) is 0 Å². The van der Waals surface area contributed by atoms with Crippen molar-refractivity contribution < 1.29 is 14.0 Å². The summed E-state index contributed by atoms with van der Waals surface area (Å²) >= 11 is 0. The first-order chi connectivity index (χ1) is 14.7. The number of carbonyl (C=O) groups excluding carboxylic acids is 2. The number of rotatable bonds is 3. The van der Waals surface area contributed by atoms with Crippen molar-refractivity contribution >= 4 is 22.7 Å². The minimum Gasteiger partial charge on any atom is -0.467 e. The third-order valence-corrected chi connectivity index (χ3v) is 6.17. The van der Waals surface area contributed by atoms with E-state index in [1.807, 2.05) is 48.5 Å². The summed E-state index contributed by atoms with van der Waals surface area (Å²) in [6, 6.07) is 18.5. The second-order valence-electron chi connectivity index (χ2n) is 7.78. The monoisotopic (exact) mass is 397 g/mol. The predicted molar refractivity (Wildman–Crippen MR) is 111 cm³/mol. The van der Waals surface area contributed by atoms with Gasteiger partial charge in [-0.1, -0.05) is 36.4 Å². The third-order valence-electron chi connectivity index (χ3n) is 6.17. The largest absolute Gasteiger partial charge is 0.467 e. The molecule has 2 aromatic heterocycles. The van der Waals surface area contributed by atoms with Gasteiger partial charge in [-0.05, 0) is 35.4 Å². The number of H-pyrrole nitrogens is 1. The Morgan fingerprint density at radius 3 is 2.80 bits per heavy atom. The van der Waals surface area contributed by atoms with Crippen LogP contribution < -0.4 is 5.32 Å². The molecule has 4 heterocycles. The smallest absolute Gasteiger partial charge is 0.255 e. The Balaban J connectivity index is 1.46. The van der Waals surface area contributed by atoms with Crippen molar-refractivity contribution in [2.24, 2.45) is 0 Å². The van der Waals surface area contributed by atoms with Gasteiger partial charge in [0.25, 0.3) is 5.91 Å². The van der Waals surface area contributed by atoms with E-state index >= 15 is 0 Å². The molecule has 0 radical (unpaired) electrons. The van der Waals surface area contributed by atoms with Crippen LogP contribution in [0, 0.1) is 0 Å². The number of hydrogen-bond donors (Lipinski definition) is 2. The quantitative estimate of drug-likeness (QED) is 0.555. The van der Waals surface area contributed by atoms with E-state index in [9.17, 15) is 9.59 Å². The van der Waals surface area contributed by atoms with Gasteiger partial charge in [0.2, 0.25) is 5.91 Å². The number of furan rings is 1. The standard InChI is InChI=1S/C24H19N3O3/c28-23(25-13-14-6-5-11-30-14)20-12-18-15-7-3-4-10-19(15)26-21(18)22-16-8-1-2-9-17(16)24(29)27(20)22/h1-11,20,22,26H,12-13H2,(H,25,28)/t20-,22-/m0/s1. The van der Waals surface area contributed by atoms with Crippen LogP contribution in [0.5, 0.6) is 0 Å². The number of fused-ring (bicyclic) bond motifs is 7. The van der Waals surface area contributed by atoms with Crippen LogP contribution in [0.1, 0.15) is 39.0 Å². The van der Waals surface area contributed by atoms with E-state index in [4.69, 9.17) is 4.42 Å². The first-order valence-corrected chi connectivity index (χ1v) is 10.0. The highest BCUT2D eigenvalue weighted by atomic mass is 16.3. The third kappa shape index (κ3) is 2.37. The molecule has 0 saturated heterocycles. The molecule has 0 aliphatic carbocycles. The summed E-state index contributed by atoms with van der Waals surface area (Å²) in [5, 5.41) is 4.05. The average molecular weight is 397 g/mol. The lowest BCUT2D eigenvalue weighted by atomic mass is 9.90. The number of nitrogens with zero attached hydrogens (tertiary/aromatic N) is 1. The number of aromatic amines is 1. The van der Waals surface area contributed by atoms with Crippen LogP contribution >= 0.6 is 0 Å². The van der Waals surface area contributed by atoms with E-state index in [-0.39, 0.29) is 17.9 Å². The summed E-state index contributed by atoms with van der Waals surface area (Å²) in [6.45, 7) is 0.294. The van der Waals surface area contributed by atoms with Gasteiger partial charge in [0.1, 0.15) is 11.8 Å². The van der Waals surface area contributed by atoms with Crippen LogP contribution in [0.15, 0.2) is 71.3 Å². The molecule has 2 amide bonds. The number of para-hydroxylation sites is 1. The molecular formula is C24H19N3O3. The van der Waals surface area contributed by atoms with Gasteiger partial charge < -0.3 is 19.6 Å². The second-order valence-corrected chi connectivity index (χ2v) is 7.78. The SMILES string of the molecule is O=C(NCc1ccco1)[C@@H]1Cc2c([nH]c3ccccc23)[C@@H]2c3ccccc3C(=O)N21. The average Bonchev–Trinajstić information content (AvgIpc) is 3.49. The normalized spacial score (nSPS) is 19.5. The summed E-state index contributed by atoms with van der Waals surface area (Å²) < 4.78 is 5.33. The molecule has 0 fully saturated rings. The van der Waals surface area contributed by atoms with Crippen LogP contribution in [-0.2, 0) is 17.8 Å². The summed E-state index contributed by atoms with van der Waals surface area (Å²) in [6.07, 6.45) is 2.05. The van der Waals surface area contributed by atoms with Crippen LogP contribution in [0.25, 0.3) is 10.9 Å². The molecule has 2 atom stereocenters. The van der Waals surface area contributed by atoms with E-state index < -0.39 is 6.04 Å². The summed E-state index contributed by atoms with van der Waals surface area (Å²) in [5.41, 5.74) is 4.74. The van der Waals surface area contributed by atoms with Crippen molar-refractivity contribution in [1.29, 1.82) is 0 Å². The zero-order valence-corrected chi connectivity index (χ0v) is 16.1. The van der Waals surface area contributed by atoms with Gasteiger partial charge >= 0.3 is 0 Å². The first-order valence-electron chi connectivity index (χ1n) is 10.0. The summed E-state index contributed by atoms with van der Waals surface area (Å²) in [4.78, 5) is 31.8. The molecule has 2 N–H and O–H groups in total. The Morgan fingerprint density at radius 1 is 1.10 bits per heavy atom. The van der Waals surface area contributed by atoms with Crippen molar-refractivity contribution in [2.75, 3.05) is 0 Å². The molecule has 0 saturated carbocycles. The molecule has 4 aromatic rings. The number of amides is 2. The number of hydrogen-bond acceptors (Lipinski definition) is 3. The number of carbonyl (C=O) groups is 2. The fourth-order valence-electron chi connectivity index (χ4n) is 4.84. The molecule has 0 bridgehead atoms. The topological polar surface area (TPSA) is 78.3 Å². The highest BCUT2D eigenvalue weighted by molar-refractivity contribution is 6.03. The Morgan fingerprint density at radius 2 is 1.93 bits per heavy atom. The van der Waals surface area contributed by atoms with Gasteiger partial charge in [-0.3, -0.25) is 9.59 Å². The molecular weight excluding hydrogens is 378 g/mol. The molecule has 148 valence electrons. The zero-order chi connectivity index (χ0) is 20.2. The summed E-state index contributed by atoms with van der Waals surface area (Å²) in [7, 11) is 0. The zero-order valence-electron chi connectivity index (χ0n) is 16.1. The highest BCUT2D eigenvalue weighted by Crippen LogP contribution is 2.46. The van der Waals surface area contributed by atoms with E-state index in [0.29, 0.717) is 24.3 Å². The lowest BCUT2D eigenvalue weighted by Gasteiger charge is -2.37. The van der Waals surface area contributed by atoms with Crippen molar-refractivity contribution in [2.45, 2.75) is 25.0 Å². The fraction of sp³-hybridized carbons (Fsp3) is 0.167. The Labute approximate surface area is 172 Å². The van der Waals surface area contributed by atoms with Crippen molar-refractivity contribution in [1.82, 2.24) is 15.2 Å². The lowest BCUT2D eigenvalue weighted by Crippen LogP contribution is -2.52. The highest BCUT2D eigenvalue weighted by Gasteiger charge is 2.48. The predicted octanol–water partition coefficient (Wildman–Crippen LogP) is 3.55. The van der Waals surface area contributed by atoms with Gasteiger partial charge in [-0.2, -0.15) is 0 Å². The Kier molecular flexibility index (Phi) is 3.62. The first kappa shape index (κ1) is 17.1. The molecule has 0 unspecified atom stereocenters. The van der Waals surface area contributed by atoms with E-state index in [0.717, 1.165) is 27.7 Å². The Bertz CT molecular complexity index is 1290. The van der Waals surface area contributed by atoms with Gasteiger partial charge in [0, 0.05) is 28.6 Å². The number of aromatic nitrogens is 1. The maximum Gasteiger partial charge on any atom is 0.255 e. The minimum atomic E-state index is -0.587. The number of nitrogens with one attached hydrogen (secondary N) is 2. The number of benzene rings is 2. The molecule has 6 nitrogen and oxygen atoms in total. The van der Waals surface area contributed by atoms with E-state index in [1.54, 1.807) is 17.2 Å². The molecule has 0 spiro atoms. The Hall–Kier alpha value is -3.80. The molecule has 2 aliphatic heterocycles. The second kappa shape index (κ2) is 6.35. The molecule has 2 aliphatic rings.